The van der Waals surface area contributed by atoms with Gasteiger partial charge in [0.25, 0.3) is 0 Å². The lowest BCUT2D eigenvalue weighted by atomic mass is 10.0. The SMILES string of the molecule is COc1ccccc1CN(C)C(=O)C(Cc1ccc2ccccc2c1)NC(=O)OC(C)(C)C. The van der Waals surface area contributed by atoms with Crippen molar-refractivity contribution in [2.45, 2.75) is 45.4 Å². The molecule has 0 heterocycles. The molecule has 0 spiro atoms. The number of rotatable bonds is 7. The van der Waals surface area contributed by atoms with Crippen LogP contribution in [0, 0.1) is 0 Å². The van der Waals surface area contributed by atoms with Gasteiger partial charge in [-0.2, -0.15) is 0 Å². The number of para-hydroxylation sites is 1. The number of nitrogens with one attached hydrogen (secondary N) is 1. The Bertz CT molecular complexity index is 1120. The van der Waals surface area contributed by atoms with Crippen molar-refractivity contribution in [3.8, 4) is 5.75 Å². The molecule has 0 radical (unpaired) electrons. The fourth-order valence-corrected chi connectivity index (χ4v) is 3.68. The molecular formula is C27H32N2O4. The quantitative estimate of drug-likeness (QED) is 0.556. The second kappa shape index (κ2) is 10.4. The number of nitrogens with zero attached hydrogens (tertiary/aromatic N) is 1. The zero-order valence-electron chi connectivity index (χ0n) is 19.9. The minimum Gasteiger partial charge on any atom is -0.496 e. The van der Waals surface area contributed by atoms with Gasteiger partial charge in [0, 0.05) is 25.6 Å². The number of amides is 2. The van der Waals surface area contributed by atoms with Gasteiger partial charge in [-0.25, -0.2) is 4.79 Å². The summed E-state index contributed by atoms with van der Waals surface area (Å²) in [6, 6.07) is 20.9. The summed E-state index contributed by atoms with van der Waals surface area (Å²) in [4.78, 5) is 27.6. The van der Waals surface area contributed by atoms with Gasteiger partial charge in [-0.15, -0.1) is 0 Å². The van der Waals surface area contributed by atoms with Gasteiger partial charge in [0.05, 0.1) is 7.11 Å². The van der Waals surface area contributed by atoms with E-state index in [1.54, 1.807) is 39.8 Å². The summed E-state index contributed by atoms with van der Waals surface area (Å²) in [5.41, 5.74) is 1.18. The molecule has 0 aliphatic carbocycles. The smallest absolute Gasteiger partial charge is 0.408 e. The van der Waals surface area contributed by atoms with Crippen molar-refractivity contribution >= 4 is 22.8 Å². The molecule has 1 atom stereocenters. The van der Waals surface area contributed by atoms with Crippen molar-refractivity contribution in [3.63, 3.8) is 0 Å². The average molecular weight is 449 g/mol. The number of alkyl carbamates (subject to hydrolysis) is 1. The number of ether oxygens (including phenoxy) is 2. The number of likely N-dealkylation sites (N-methyl/N-ethyl adjacent to an activating group) is 1. The molecule has 0 bridgehead atoms. The van der Waals surface area contributed by atoms with Crippen molar-refractivity contribution in [2.24, 2.45) is 0 Å². The zero-order valence-corrected chi connectivity index (χ0v) is 19.9. The normalized spacial score (nSPS) is 12.2. The third-order valence-electron chi connectivity index (χ3n) is 5.22. The van der Waals surface area contributed by atoms with Crippen molar-refractivity contribution in [1.29, 1.82) is 0 Å². The van der Waals surface area contributed by atoms with Crippen LogP contribution >= 0.6 is 0 Å². The van der Waals surface area contributed by atoms with E-state index in [4.69, 9.17) is 9.47 Å². The number of carbonyl (C=O) groups is 2. The molecule has 1 unspecified atom stereocenters. The molecule has 0 saturated carbocycles. The van der Waals surface area contributed by atoms with Crippen molar-refractivity contribution in [1.82, 2.24) is 10.2 Å². The van der Waals surface area contributed by atoms with Crippen LogP contribution in [0.5, 0.6) is 5.75 Å². The van der Waals surface area contributed by atoms with Crippen LogP contribution in [0.1, 0.15) is 31.9 Å². The number of carbonyl (C=O) groups excluding carboxylic acids is 2. The first-order valence-electron chi connectivity index (χ1n) is 11.0. The summed E-state index contributed by atoms with van der Waals surface area (Å²) in [5, 5.41) is 4.99. The first-order chi connectivity index (χ1) is 15.7. The van der Waals surface area contributed by atoms with Gasteiger partial charge >= 0.3 is 6.09 Å². The Balaban J connectivity index is 1.82. The Morgan fingerprint density at radius 3 is 2.33 bits per heavy atom. The Hall–Kier alpha value is -3.54. The Kier molecular flexibility index (Phi) is 7.59. The molecule has 2 amide bonds. The molecule has 174 valence electrons. The van der Waals surface area contributed by atoms with Crippen LogP contribution in [0.4, 0.5) is 4.79 Å². The molecule has 3 rings (SSSR count). The molecule has 0 aromatic heterocycles. The van der Waals surface area contributed by atoms with E-state index in [9.17, 15) is 9.59 Å². The molecule has 1 N–H and O–H groups in total. The first kappa shape index (κ1) is 24.1. The molecule has 3 aromatic rings. The summed E-state index contributed by atoms with van der Waals surface area (Å²) in [6.45, 7) is 5.73. The molecule has 0 fully saturated rings. The third kappa shape index (κ3) is 6.72. The molecular weight excluding hydrogens is 416 g/mol. The second-order valence-electron chi connectivity index (χ2n) is 9.09. The standard InChI is InChI=1S/C27H32N2O4/c1-27(2,3)33-26(31)28-23(17-19-14-15-20-10-6-7-11-21(20)16-19)25(30)29(4)18-22-12-8-9-13-24(22)32-5/h6-16,23H,17-18H2,1-5H3,(H,28,31). The van der Waals surface area contributed by atoms with Crippen molar-refractivity contribution < 1.29 is 19.1 Å². The van der Waals surface area contributed by atoms with E-state index >= 15 is 0 Å². The lowest BCUT2D eigenvalue weighted by Crippen LogP contribution is -2.49. The van der Waals surface area contributed by atoms with Crippen molar-refractivity contribution in [2.75, 3.05) is 14.2 Å². The van der Waals surface area contributed by atoms with Gasteiger partial charge < -0.3 is 19.7 Å². The number of methoxy groups -OCH3 is 1. The van der Waals surface area contributed by atoms with Crippen LogP contribution in [0.15, 0.2) is 66.7 Å². The second-order valence-corrected chi connectivity index (χ2v) is 9.09. The maximum absolute atomic E-state index is 13.4. The predicted octanol–water partition coefficient (Wildman–Crippen LogP) is 4.94. The number of fused-ring (bicyclic) bond motifs is 1. The maximum atomic E-state index is 13.4. The van der Waals surface area contributed by atoms with Crippen LogP contribution < -0.4 is 10.1 Å². The molecule has 0 saturated heterocycles. The molecule has 3 aromatic carbocycles. The van der Waals surface area contributed by atoms with Crippen LogP contribution in [0.25, 0.3) is 10.8 Å². The third-order valence-corrected chi connectivity index (χ3v) is 5.22. The average Bonchev–Trinajstić information content (AvgIpc) is 2.77. The van der Waals surface area contributed by atoms with Gasteiger partial charge in [0.15, 0.2) is 0 Å². The van der Waals surface area contributed by atoms with Crippen molar-refractivity contribution in [3.05, 3.63) is 77.9 Å². The van der Waals surface area contributed by atoms with Crippen LogP contribution in [-0.2, 0) is 22.5 Å². The molecule has 0 aliphatic rings. The topological polar surface area (TPSA) is 67.9 Å². The lowest BCUT2D eigenvalue weighted by Gasteiger charge is -2.27. The monoisotopic (exact) mass is 448 g/mol. The van der Waals surface area contributed by atoms with Gasteiger partial charge in [-0.05, 0) is 43.2 Å². The van der Waals surface area contributed by atoms with Crippen LogP contribution in [-0.4, -0.2) is 42.7 Å². The van der Waals surface area contributed by atoms with E-state index in [1.165, 1.54) is 0 Å². The van der Waals surface area contributed by atoms with E-state index in [0.29, 0.717) is 18.7 Å². The number of benzene rings is 3. The Morgan fingerprint density at radius 2 is 1.64 bits per heavy atom. The van der Waals surface area contributed by atoms with Crippen LogP contribution in [0.2, 0.25) is 0 Å². The molecule has 0 aliphatic heterocycles. The summed E-state index contributed by atoms with van der Waals surface area (Å²) in [5.74, 6) is 0.503. The highest BCUT2D eigenvalue weighted by Gasteiger charge is 2.27. The van der Waals surface area contributed by atoms with Gasteiger partial charge in [0.2, 0.25) is 5.91 Å². The summed E-state index contributed by atoms with van der Waals surface area (Å²) in [7, 11) is 3.33. The number of hydrogen-bond donors (Lipinski definition) is 1. The van der Waals surface area contributed by atoms with E-state index in [0.717, 1.165) is 21.9 Å². The largest absolute Gasteiger partial charge is 0.496 e. The van der Waals surface area contributed by atoms with E-state index < -0.39 is 17.7 Å². The lowest BCUT2D eigenvalue weighted by molar-refractivity contribution is -0.132. The van der Waals surface area contributed by atoms with Gasteiger partial charge in [-0.1, -0.05) is 60.7 Å². The highest BCUT2D eigenvalue weighted by atomic mass is 16.6. The van der Waals surface area contributed by atoms with E-state index in [2.05, 4.69) is 5.32 Å². The Morgan fingerprint density at radius 1 is 0.970 bits per heavy atom. The van der Waals surface area contributed by atoms with Crippen LogP contribution in [0.3, 0.4) is 0 Å². The summed E-state index contributed by atoms with van der Waals surface area (Å²) >= 11 is 0. The van der Waals surface area contributed by atoms with E-state index in [1.807, 2.05) is 66.7 Å². The molecule has 6 heteroatoms. The minimum atomic E-state index is -0.777. The molecule has 33 heavy (non-hydrogen) atoms. The predicted molar refractivity (Wildman–Crippen MR) is 130 cm³/mol. The van der Waals surface area contributed by atoms with E-state index in [-0.39, 0.29) is 5.91 Å². The Labute approximate surface area is 195 Å². The molecule has 6 nitrogen and oxygen atoms in total. The summed E-state index contributed by atoms with van der Waals surface area (Å²) in [6.07, 6.45) is -0.272. The highest BCUT2D eigenvalue weighted by Crippen LogP contribution is 2.21. The highest BCUT2D eigenvalue weighted by molar-refractivity contribution is 5.87. The first-order valence-corrected chi connectivity index (χ1v) is 11.0. The zero-order chi connectivity index (χ0) is 24.0. The summed E-state index contributed by atoms with van der Waals surface area (Å²) < 4.78 is 10.8. The fraction of sp³-hybridized carbons (Fsp3) is 0.333. The van der Waals surface area contributed by atoms with Gasteiger partial charge in [0.1, 0.15) is 17.4 Å². The van der Waals surface area contributed by atoms with Gasteiger partial charge in [-0.3, -0.25) is 4.79 Å². The minimum absolute atomic E-state index is 0.208. The maximum Gasteiger partial charge on any atom is 0.408 e. The fourth-order valence-electron chi connectivity index (χ4n) is 3.68. The number of hydrogen-bond acceptors (Lipinski definition) is 4.